The second-order valence-electron chi connectivity index (χ2n) is 7.93. The number of carbonyl (C=O) groups excluding carboxylic acids is 1. The van der Waals surface area contributed by atoms with Crippen LogP contribution in [-0.2, 0) is 13.2 Å². The van der Waals surface area contributed by atoms with Gasteiger partial charge in [0.1, 0.15) is 5.75 Å². The monoisotopic (exact) mass is 404 g/mol. The van der Waals surface area contributed by atoms with E-state index in [9.17, 15) is 9.90 Å². The number of hydrogen-bond donors (Lipinski definition) is 2. The molecular formula is C25H28N2O3. The first-order valence-electron chi connectivity index (χ1n) is 10.4. The van der Waals surface area contributed by atoms with Crippen LogP contribution in [0.4, 0.5) is 0 Å². The molecule has 3 aromatic carbocycles. The van der Waals surface area contributed by atoms with Crippen LogP contribution in [0, 0.1) is 0 Å². The maximum atomic E-state index is 12.5. The molecule has 0 saturated carbocycles. The average Bonchev–Trinajstić information content (AvgIpc) is 2.79. The van der Waals surface area contributed by atoms with Crippen LogP contribution in [0.1, 0.15) is 34.3 Å². The average molecular weight is 405 g/mol. The van der Waals surface area contributed by atoms with Gasteiger partial charge in [0, 0.05) is 31.2 Å². The van der Waals surface area contributed by atoms with E-state index in [1.807, 2.05) is 24.3 Å². The number of nitrogens with zero attached hydrogens (tertiary/aromatic N) is 1. The van der Waals surface area contributed by atoms with E-state index in [0.29, 0.717) is 11.3 Å². The standard InChI is InChI=1S/C25H28N2O3/c1-30-24-4-2-3-21(15-24)25(29)26-23-9-11-27(12-10-23)16-18-5-7-20-8-6-19(17-28)14-22(20)13-18/h2-8,13-15,23,28H,9-12,16-17H2,1H3,(H,26,29). The molecule has 5 nitrogen and oxygen atoms in total. The molecule has 3 aromatic rings. The van der Waals surface area contributed by atoms with Gasteiger partial charge in [-0.25, -0.2) is 0 Å². The maximum Gasteiger partial charge on any atom is 0.251 e. The number of fused-ring (bicyclic) bond motifs is 1. The maximum absolute atomic E-state index is 12.5. The molecule has 1 heterocycles. The van der Waals surface area contributed by atoms with Crippen molar-refractivity contribution >= 4 is 16.7 Å². The molecule has 30 heavy (non-hydrogen) atoms. The van der Waals surface area contributed by atoms with Crippen molar-refractivity contribution in [2.24, 2.45) is 0 Å². The third kappa shape index (κ3) is 4.81. The van der Waals surface area contributed by atoms with E-state index in [4.69, 9.17) is 4.74 Å². The van der Waals surface area contributed by atoms with E-state index in [2.05, 4.69) is 40.5 Å². The van der Waals surface area contributed by atoms with Crippen molar-refractivity contribution < 1.29 is 14.6 Å². The topological polar surface area (TPSA) is 61.8 Å². The SMILES string of the molecule is COc1cccc(C(=O)NC2CCN(Cc3ccc4ccc(CO)cc4c3)CC2)c1. The Morgan fingerprint density at radius 2 is 1.77 bits per heavy atom. The third-order valence-corrected chi connectivity index (χ3v) is 5.81. The second-order valence-corrected chi connectivity index (χ2v) is 7.93. The summed E-state index contributed by atoms with van der Waals surface area (Å²) in [6, 6.07) is 20.1. The largest absolute Gasteiger partial charge is 0.497 e. The van der Waals surface area contributed by atoms with Crippen molar-refractivity contribution in [1.29, 1.82) is 0 Å². The number of amides is 1. The molecule has 0 bridgehead atoms. The molecule has 0 spiro atoms. The molecule has 1 saturated heterocycles. The highest BCUT2D eigenvalue weighted by atomic mass is 16.5. The van der Waals surface area contributed by atoms with Crippen molar-refractivity contribution in [1.82, 2.24) is 10.2 Å². The van der Waals surface area contributed by atoms with Crippen molar-refractivity contribution in [3.63, 3.8) is 0 Å². The minimum absolute atomic E-state index is 0.0402. The van der Waals surface area contributed by atoms with Gasteiger partial charge in [0.25, 0.3) is 5.91 Å². The summed E-state index contributed by atoms with van der Waals surface area (Å²) in [5.74, 6) is 0.653. The summed E-state index contributed by atoms with van der Waals surface area (Å²) < 4.78 is 5.21. The minimum atomic E-state index is -0.0402. The van der Waals surface area contributed by atoms with Crippen LogP contribution in [-0.4, -0.2) is 42.2 Å². The Labute approximate surface area is 177 Å². The molecule has 2 N–H and O–H groups in total. The van der Waals surface area contributed by atoms with Crippen LogP contribution < -0.4 is 10.1 Å². The number of methoxy groups -OCH3 is 1. The lowest BCUT2D eigenvalue weighted by Crippen LogP contribution is -2.44. The summed E-state index contributed by atoms with van der Waals surface area (Å²) in [5, 5.41) is 14.9. The van der Waals surface area contributed by atoms with Gasteiger partial charge in [0.15, 0.2) is 0 Å². The van der Waals surface area contributed by atoms with Crippen LogP contribution in [0.2, 0.25) is 0 Å². The van der Waals surface area contributed by atoms with Gasteiger partial charge in [-0.15, -0.1) is 0 Å². The first kappa shape index (κ1) is 20.4. The number of aliphatic hydroxyl groups is 1. The van der Waals surface area contributed by atoms with Crippen LogP contribution >= 0.6 is 0 Å². The predicted molar refractivity (Wildman–Crippen MR) is 119 cm³/mol. The van der Waals surface area contributed by atoms with Gasteiger partial charge < -0.3 is 15.2 Å². The Bertz CT molecular complexity index is 1030. The Hall–Kier alpha value is -2.89. The molecule has 0 atom stereocenters. The fourth-order valence-electron chi connectivity index (χ4n) is 4.07. The lowest BCUT2D eigenvalue weighted by molar-refractivity contribution is 0.0908. The van der Waals surface area contributed by atoms with Crippen molar-refractivity contribution in [2.45, 2.75) is 32.0 Å². The number of piperidine rings is 1. The summed E-state index contributed by atoms with van der Waals surface area (Å²) in [6.07, 6.45) is 1.88. The summed E-state index contributed by atoms with van der Waals surface area (Å²) in [6.45, 7) is 2.88. The van der Waals surface area contributed by atoms with E-state index >= 15 is 0 Å². The van der Waals surface area contributed by atoms with Gasteiger partial charge in [0.2, 0.25) is 0 Å². The first-order chi connectivity index (χ1) is 14.6. The van der Waals surface area contributed by atoms with E-state index in [0.717, 1.165) is 38.0 Å². The normalized spacial score (nSPS) is 15.3. The van der Waals surface area contributed by atoms with Gasteiger partial charge in [-0.1, -0.05) is 30.3 Å². The van der Waals surface area contributed by atoms with Crippen LogP contribution in [0.25, 0.3) is 10.8 Å². The highest BCUT2D eigenvalue weighted by molar-refractivity contribution is 5.94. The lowest BCUT2D eigenvalue weighted by Gasteiger charge is -2.32. The Kier molecular flexibility index (Phi) is 6.31. The van der Waals surface area contributed by atoms with Crippen LogP contribution in [0.5, 0.6) is 5.75 Å². The number of likely N-dealkylation sites (tertiary alicyclic amines) is 1. The molecule has 1 aliphatic heterocycles. The number of hydrogen-bond acceptors (Lipinski definition) is 4. The molecule has 1 amide bonds. The van der Waals surface area contributed by atoms with Crippen molar-refractivity contribution in [2.75, 3.05) is 20.2 Å². The molecule has 0 unspecified atom stereocenters. The van der Waals surface area contributed by atoms with Gasteiger partial charge in [-0.3, -0.25) is 9.69 Å². The first-order valence-corrected chi connectivity index (χ1v) is 10.4. The number of carbonyl (C=O) groups is 1. The van der Waals surface area contributed by atoms with Crippen molar-refractivity contribution in [3.8, 4) is 5.75 Å². The smallest absolute Gasteiger partial charge is 0.251 e. The van der Waals surface area contributed by atoms with E-state index < -0.39 is 0 Å². The third-order valence-electron chi connectivity index (χ3n) is 5.81. The fraction of sp³-hybridized carbons (Fsp3) is 0.320. The molecule has 1 aliphatic rings. The Morgan fingerprint density at radius 3 is 2.50 bits per heavy atom. The van der Waals surface area contributed by atoms with E-state index in [1.54, 1.807) is 13.2 Å². The molecule has 1 fully saturated rings. The zero-order valence-electron chi connectivity index (χ0n) is 17.3. The second kappa shape index (κ2) is 9.28. The Morgan fingerprint density at radius 1 is 1.03 bits per heavy atom. The minimum Gasteiger partial charge on any atom is -0.497 e. The number of rotatable bonds is 6. The zero-order chi connectivity index (χ0) is 20.9. The van der Waals surface area contributed by atoms with Crippen LogP contribution in [0.15, 0.2) is 60.7 Å². The predicted octanol–water partition coefficient (Wildman–Crippen LogP) is 3.74. The van der Waals surface area contributed by atoms with E-state index in [-0.39, 0.29) is 18.6 Å². The highest BCUT2D eigenvalue weighted by Crippen LogP contribution is 2.21. The van der Waals surface area contributed by atoms with Gasteiger partial charge in [-0.2, -0.15) is 0 Å². The number of ether oxygens (including phenoxy) is 1. The molecule has 0 radical (unpaired) electrons. The summed E-state index contributed by atoms with van der Waals surface area (Å²) >= 11 is 0. The molecule has 0 aromatic heterocycles. The molecule has 5 heteroatoms. The molecule has 4 rings (SSSR count). The summed E-state index contributed by atoms with van der Waals surface area (Å²) in [5.41, 5.74) is 2.85. The van der Waals surface area contributed by atoms with Crippen LogP contribution in [0.3, 0.4) is 0 Å². The van der Waals surface area contributed by atoms with Gasteiger partial charge >= 0.3 is 0 Å². The van der Waals surface area contributed by atoms with Gasteiger partial charge in [0.05, 0.1) is 13.7 Å². The lowest BCUT2D eigenvalue weighted by atomic mass is 10.0. The molecule has 0 aliphatic carbocycles. The zero-order valence-corrected chi connectivity index (χ0v) is 17.3. The number of nitrogens with one attached hydrogen (secondary N) is 1. The van der Waals surface area contributed by atoms with Gasteiger partial charge in [-0.05, 0) is 65.1 Å². The Balaban J connectivity index is 1.32. The number of aliphatic hydroxyl groups excluding tert-OH is 1. The molecular weight excluding hydrogens is 376 g/mol. The summed E-state index contributed by atoms with van der Waals surface area (Å²) in [4.78, 5) is 15.0. The van der Waals surface area contributed by atoms with Crippen molar-refractivity contribution in [3.05, 3.63) is 77.4 Å². The molecule has 156 valence electrons. The number of benzene rings is 3. The quantitative estimate of drug-likeness (QED) is 0.657. The van der Waals surface area contributed by atoms with E-state index in [1.165, 1.54) is 16.3 Å². The fourth-order valence-corrected chi connectivity index (χ4v) is 4.07. The highest BCUT2D eigenvalue weighted by Gasteiger charge is 2.21. The summed E-state index contributed by atoms with van der Waals surface area (Å²) in [7, 11) is 1.60.